The van der Waals surface area contributed by atoms with Gasteiger partial charge in [-0.1, -0.05) is 24.3 Å². The predicted octanol–water partition coefficient (Wildman–Crippen LogP) is 1.60. The summed E-state index contributed by atoms with van der Waals surface area (Å²) in [5, 5.41) is 12.9. The highest BCUT2D eigenvalue weighted by Gasteiger charge is 2.39. The monoisotopic (exact) mass is 402 g/mol. The summed E-state index contributed by atoms with van der Waals surface area (Å²) in [5.41, 5.74) is 10.6. The van der Waals surface area contributed by atoms with Crippen LogP contribution in [0.1, 0.15) is 37.6 Å². The number of nitrogens with zero attached hydrogens (tertiary/aromatic N) is 2. The van der Waals surface area contributed by atoms with Crippen molar-refractivity contribution >= 4 is 23.2 Å². The normalized spacial score (nSPS) is 21.4. The fourth-order valence-corrected chi connectivity index (χ4v) is 4.27. The van der Waals surface area contributed by atoms with E-state index >= 15 is 0 Å². The molecule has 28 heavy (non-hydrogen) atoms. The standard InChI is InChI=1S/C20H26N4O3S/c1-11(21)20(27)24-9-16(25)8-17(24)19(26)23-12(2)14-4-6-15(7-5-14)18-13(3)22-10-28-18/h4-7,10-12,16-17,25H,8-9,21H2,1-3H3,(H,23,26)/t11-,12+,16+,17-/m0/s1. The largest absolute Gasteiger partial charge is 0.391 e. The Hall–Kier alpha value is -2.29. The lowest BCUT2D eigenvalue weighted by atomic mass is 10.0. The fourth-order valence-electron chi connectivity index (χ4n) is 3.46. The van der Waals surface area contributed by atoms with E-state index in [1.807, 2.05) is 43.6 Å². The van der Waals surface area contributed by atoms with Crippen LogP contribution < -0.4 is 11.1 Å². The van der Waals surface area contributed by atoms with Crippen molar-refractivity contribution in [2.45, 2.75) is 51.4 Å². The minimum Gasteiger partial charge on any atom is -0.391 e. The molecule has 150 valence electrons. The predicted molar refractivity (Wildman–Crippen MR) is 109 cm³/mol. The van der Waals surface area contributed by atoms with Crippen LogP contribution in [-0.2, 0) is 9.59 Å². The number of hydrogen-bond acceptors (Lipinski definition) is 6. The molecule has 0 unspecified atom stereocenters. The number of carbonyl (C=O) groups is 2. The Morgan fingerprint density at radius 2 is 2.00 bits per heavy atom. The van der Waals surface area contributed by atoms with Crippen molar-refractivity contribution < 1.29 is 14.7 Å². The molecule has 0 bridgehead atoms. The van der Waals surface area contributed by atoms with Gasteiger partial charge in [0, 0.05) is 13.0 Å². The van der Waals surface area contributed by atoms with Crippen LogP contribution in [0.15, 0.2) is 29.8 Å². The molecule has 1 aliphatic heterocycles. The average molecular weight is 403 g/mol. The topological polar surface area (TPSA) is 109 Å². The molecule has 4 atom stereocenters. The summed E-state index contributed by atoms with van der Waals surface area (Å²) in [7, 11) is 0. The fraction of sp³-hybridized carbons (Fsp3) is 0.450. The zero-order valence-corrected chi connectivity index (χ0v) is 17.1. The first-order valence-electron chi connectivity index (χ1n) is 9.32. The molecule has 2 aromatic rings. The summed E-state index contributed by atoms with van der Waals surface area (Å²) in [6, 6.07) is 6.36. The quantitative estimate of drug-likeness (QED) is 0.704. The van der Waals surface area contributed by atoms with Crippen molar-refractivity contribution in [1.82, 2.24) is 15.2 Å². The number of aromatic nitrogens is 1. The summed E-state index contributed by atoms with van der Waals surface area (Å²) in [4.78, 5) is 31.8. The Balaban J connectivity index is 1.68. The van der Waals surface area contributed by atoms with E-state index in [9.17, 15) is 14.7 Å². The van der Waals surface area contributed by atoms with Gasteiger partial charge in [0.25, 0.3) is 0 Å². The van der Waals surface area contributed by atoms with Crippen molar-refractivity contribution in [1.29, 1.82) is 0 Å². The second-order valence-corrected chi connectivity index (χ2v) is 8.16. The van der Waals surface area contributed by atoms with Crippen molar-refractivity contribution in [3.05, 3.63) is 41.0 Å². The van der Waals surface area contributed by atoms with Crippen LogP contribution in [0.5, 0.6) is 0 Å². The maximum Gasteiger partial charge on any atom is 0.243 e. The van der Waals surface area contributed by atoms with Gasteiger partial charge in [0.05, 0.1) is 34.3 Å². The van der Waals surface area contributed by atoms with Crippen molar-refractivity contribution in [2.24, 2.45) is 5.73 Å². The Kier molecular flexibility index (Phi) is 6.12. The minimum atomic E-state index is -0.712. The van der Waals surface area contributed by atoms with E-state index in [0.717, 1.165) is 21.7 Å². The summed E-state index contributed by atoms with van der Waals surface area (Å²) < 4.78 is 0. The van der Waals surface area contributed by atoms with Crippen LogP contribution in [0.3, 0.4) is 0 Å². The second-order valence-electron chi connectivity index (χ2n) is 7.30. The number of hydrogen-bond donors (Lipinski definition) is 3. The summed E-state index contributed by atoms with van der Waals surface area (Å²) >= 11 is 1.60. The Morgan fingerprint density at radius 3 is 2.57 bits per heavy atom. The molecule has 7 nitrogen and oxygen atoms in total. The number of nitrogens with one attached hydrogen (secondary N) is 1. The average Bonchev–Trinajstić information content (AvgIpc) is 3.26. The van der Waals surface area contributed by atoms with E-state index in [0.29, 0.717) is 0 Å². The number of rotatable bonds is 5. The molecule has 1 aliphatic rings. The van der Waals surface area contributed by atoms with Crippen molar-refractivity contribution in [3.63, 3.8) is 0 Å². The summed E-state index contributed by atoms with van der Waals surface area (Å²) in [6.45, 7) is 5.59. The van der Waals surface area contributed by atoms with Crippen molar-refractivity contribution in [2.75, 3.05) is 6.54 Å². The molecule has 2 heterocycles. The van der Waals surface area contributed by atoms with Crippen LogP contribution in [0.25, 0.3) is 10.4 Å². The molecule has 1 aromatic heterocycles. The van der Waals surface area contributed by atoms with Gasteiger partial charge in [-0.3, -0.25) is 9.59 Å². The molecular formula is C20H26N4O3S. The maximum absolute atomic E-state index is 12.7. The highest BCUT2D eigenvalue weighted by molar-refractivity contribution is 7.13. The number of aliphatic hydroxyl groups is 1. The van der Waals surface area contributed by atoms with E-state index < -0.39 is 18.2 Å². The van der Waals surface area contributed by atoms with E-state index in [1.54, 1.807) is 18.3 Å². The third kappa shape index (κ3) is 4.24. The molecule has 1 saturated heterocycles. The highest BCUT2D eigenvalue weighted by Crippen LogP contribution is 2.28. The van der Waals surface area contributed by atoms with Gasteiger partial charge in [0.15, 0.2) is 0 Å². The minimum absolute atomic E-state index is 0.135. The Labute approximate surface area is 168 Å². The molecule has 1 fully saturated rings. The number of thiazole rings is 1. The number of amides is 2. The smallest absolute Gasteiger partial charge is 0.243 e. The number of benzene rings is 1. The molecule has 2 amide bonds. The van der Waals surface area contributed by atoms with E-state index in [2.05, 4.69) is 10.3 Å². The lowest BCUT2D eigenvalue weighted by Gasteiger charge is -2.26. The first-order valence-corrected chi connectivity index (χ1v) is 10.2. The Bertz CT molecular complexity index is 849. The first-order chi connectivity index (χ1) is 13.3. The molecule has 8 heteroatoms. The van der Waals surface area contributed by atoms with Gasteiger partial charge < -0.3 is 21.1 Å². The molecule has 3 rings (SSSR count). The zero-order valence-electron chi connectivity index (χ0n) is 16.3. The van der Waals surface area contributed by atoms with E-state index in [1.165, 1.54) is 4.90 Å². The first kappa shape index (κ1) is 20.4. The van der Waals surface area contributed by atoms with Gasteiger partial charge in [0.1, 0.15) is 6.04 Å². The highest BCUT2D eigenvalue weighted by atomic mass is 32.1. The van der Waals surface area contributed by atoms with Gasteiger partial charge in [-0.05, 0) is 31.9 Å². The molecule has 1 aromatic carbocycles. The van der Waals surface area contributed by atoms with Gasteiger partial charge in [-0.15, -0.1) is 11.3 Å². The molecule has 0 radical (unpaired) electrons. The van der Waals surface area contributed by atoms with Crippen molar-refractivity contribution in [3.8, 4) is 10.4 Å². The maximum atomic E-state index is 12.7. The molecule has 4 N–H and O–H groups in total. The number of likely N-dealkylation sites (tertiary alicyclic amines) is 1. The number of aryl methyl sites for hydroxylation is 1. The van der Waals surface area contributed by atoms with Gasteiger partial charge in [-0.25, -0.2) is 4.98 Å². The van der Waals surface area contributed by atoms with Crippen LogP contribution in [0.2, 0.25) is 0 Å². The molecule has 0 spiro atoms. The van der Waals surface area contributed by atoms with Crippen LogP contribution in [-0.4, -0.2) is 51.5 Å². The van der Waals surface area contributed by atoms with E-state index in [-0.39, 0.29) is 30.8 Å². The van der Waals surface area contributed by atoms with Crippen LogP contribution >= 0.6 is 11.3 Å². The van der Waals surface area contributed by atoms with E-state index in [4.69, 9.17) is 5.73 Å². The number of carbonyl (C=O) groups excluding carboxylic acids is 2. The Morgan fingerprint density at radius 1 is 1.32 bits per heavy atom. The number of nitrogens with two attached hydrogens (primary N) is 1. The molecule has 0 aliphatic carbocycles. The van der Waals surface area contributed by atoms with Crippen LogP contribution in [0, 0.1) is 6.92 Å². The lowest BCUT2D eigenvalue weighted by molar-refractivity contribution is -0.139. The zero-order chi connectivity index (χ0) is 20.4. The van der Waals surface area contributed by atoms with Gasteiger partial charge in [0.2, 0.25) is 11.8 Å². The third-order valence-electron chi connectivity index (χ3n) is 5.03. The number of β-amino-alcohol motifs (C(OH)–C–C–N with tert-alkyl or cyclic N) is 1. The number of aliphatic hydroxyl groups excluding tert-OH is 1. The third-order valence-corrected chi connectivity index (χ3v) is 6.01. The summed E-state index contributed by atoms with van der Waals surface area (Å²) in [5.74, 6) is -0.603. The van der Waals surface area contributed by atoms with Gasteiger partial charge in [-0.2, -0.15) is 0 Å². The SMILES string of the molecule is Cc1ncsc1-c1ccc([C@@H](C)NC(=O)[C@@H]2C[C@@H](O)CN2C(=O)[C@H](C)N)cc1. The molecular weight excluding hydrogens is 376 g/mol. The van der Waals surface area contributed by atoms with Crippen LogP contribution in [0.4, 0.5) is 0 Å². The summed E-state index contributed by atoms with van der Waals surface area (Å²) in [6.07, 6.45) is -0.490. The lowest BCUT2D eigenvalue weighted by Crippen LogP contribution is -2.50. The second kappa shape index (κ2) is 8.38. The molecule has 0 saturated carbocycles. The van der Waals surface area contributed by atoms with Gasteiger partial charge >= 0.3 is 0 Å².